The van der Waals surface area contributed by atoms with E-state index in [-0.39, 0.29) is 0 Å². The van der Waals surface area contributed by atoms with Crippen LogP contribution in [-0.2, 0) is 6.42 Å². The maximum atomic E-state index is 5.25. The first-order chi connectivity index (χ1) is 12.3. The number of fused-ring (bicyclic) bond motifs is 1. The van der Waals surface area contributed by atoms with Crippen LogP contribution in [0.5, 0.6) is 5.75 Å². The van der Waals surface area contributed by atoms with E-state index in [1.54, 1.807) is 7.11 Å². The van der Waals surface area contributed by atoms with Crippen LogP contribution in [0.25, 0.3) is 0 Å². The molecule has 2 aliphatic rings. The molecule has 2 radical (unpaired) electrons. The minimum atomic E-state index is 0.572. The van der Waals surface area contributed by atoms with Crippen LogP contribution in [0, 0.1) is 12.3 Å². The number of ether oxygens (including phenoxy) is 1. The lowest BCUT2D eigenvalue weighted by Gasteiger charge is -2.38. The molecular weight excluding hydrogens is 308 g/mol. The largest absolute Gasteiger partial charge is 0.497 e. The van der Waals surface area contributed by atoms with Crippen LogP contribution in [0.3, 0.4) is 0 Å². The van der Waals surface area contributed by atoms with Crippen molar-refractivity contribution in [2.45, 2.75) is 12.8 Å². The van der Waals surface area contributed by atoms with Crippen molar-refractivity contribution in [1.82, 2.24) is 4.90 Å². The molecule has 1 fully saturated rings. The number of anilines is 1. The van der Waals surface area contributed by atoms with Crippen LogP contribution in [-0.4, -0.2) is 44.7 Å². The molecule has 1 aliphatic carbocycles. The molecule has 2 aromatic rings. The van der Waals surface area contributed by atoms with Crippen molar-refractivity contribution in [3.8, 4) is 5.75 Å². The lowest BCUT2D eigenvalue weighted by molar-refractivity contribution is 0.224. The Kier molecular flexibility index (Phi) is 4.93. The van der Waals surface area contributed by atoms with Gasteiger partial charge in [0.1, 0.15) is 5.75 Å². The molecule has 0 bridgehead atoms. The summed E-state index contributed by atoms with van der Waals surface area (Å²) in [5, 5.41) is 0. The van der Waals surface area contributed by atoms with Gasteiger partial charge in [-0.2, -0.15) is 0 Å². The van der Waals surface area contributed by atoms with Gasteiger partial charge < -0.3 is 9.64 Å². The predicted molar refractivity (Wildman–Crippen MR) is 102 cm³/mol. The van der Waals surface area contributed by atoms with Gasteiger partial charge in [-0.25, -0.2) is 0 Å². The molecule has 1 aliphatic heterocycles. The Morgan fingerprint density at radius 1 is 1.00 bits per heavy atom. The Labute approximate surface area is 151 Å². The van der Waals surface area contributed by atoms with E-state index in [0.29, 0.717) is 5.92 Å². The van der Waals surface area contributed by atoms with Crippen LogP contribution < -0.4 is 9.64 Å². The molecule has 25 heavy (non-hydrogen) atoms. The van der Waals surface area contributed by atoms with Gasteiger partial charge >= 0.3 is 0 Å². The monoisotopic (exact) mass is 334 g/mol. The Hall–Kier alpha value is -2.00. The van der Waals surface area contributed by atoms with Crippen molar-refractivity contribution < 1.29 is 4.74 Å². The maximum Gasteiger partial charge on any atom is 0.119 e. The molecule has 2 aromatic carbocycles. The van der Waals surface area contributed by atoms with Gasteiger partial charge in [0, 0.05) is 44.8 Å². The molecule has 0 aromatic heterocycles. The van der Waals surface area contributed by atoms with Crippen molar-refractivity contribution >= 4 is 5.69 Å². The number of hydrogen-bond acceptors (Lipinski definition) is 3. The second-order valence-corrected chi connectivity index (χ2v) is 7.02. The summed E-state index contributed by atoms with van der Waals surface area (Å²) in [4.78, 5) is 5.07. The first kappa shape index (κ1) is 16.5. The smallest absolute Gasteiger partial charge is 0.119 e. The average Bonchev–Trinajstić information content (AvgIpc) is 2.69. The quantitative estimate of drug-likeness (QED) is 0.851. The first-order valence-electron chi connectivity index (χ1n) is 9.27. The number of nitrogens with zero attached hydrogens (tertiary/aromatic N) is 2. The summed E-state index contributed by atoms with van der Waals surface area (Å²) in [6, 6.07) is 17.1. The molecule has 3 heteroatoms. The van der Waals surface area contributed by atoms with E-state index in [1.165, 1.54) is 29.7 Å². The van der Waals surface area contributed by atoms with Crippen LogP contribution in [0.15, 0.2) is 48.5 Å². The number of benzene rings is 2. The molecule has 0 amide bonds. The standard InChI is InChI=1S/C22H26N2O/c1-25-22-10-8-21(9-11-22)24-14-12-23(13-15-24)17-18-6-7-19-4-2-3-5-20(19)16-18/h2-5,8-11,18H,6-7,12-15,17H2,1H3. The summed E-state index contributed by atoms with van der Waals surface area (Å²) in [7, 11) is 1.71. The Morgan fingerprint density at radius 3 is 2.52 bits per heavy atom. The lowest BCUT2D eigenvalue weighted by Crippen LogP contribution is -2.48. The van der Waals surface area contributed by atoms with Gasteiger partial charge in [0.2, 0.25) is 0 Å². The summed E-state index contributed by atoms with van der Waals surface area (Å²) >= 11 is 0. The fraction of sp³-hybridized carbons (Fsp3) is 0.409. The molecule has 0 spiro atoms. The van der Waals surface area contributed by atoms with Crippen LogP contribution >= 0.6 is 0 Å². The zero-order chi connectivity index (χ0) is 17.1. The summed E-state index contributed by atoms with van der Waals surface area (Å²) in [5.41, 5.74) is 4.09. The number of aryl methyl sites for hydroxylation is 1. The Morgan fingerprint density at radius 2 is 1.76 bits per heavy atom. The fourth-order valence-corrected chi connectivity index (χ4v) is 3.93. The second kappa shape index (κ2) is 7.49. The van der Waals surface area contributed by atoms with E-state index in [1.807, 2.05) is 12.1 Å². The Bertz CT molecular complexity index is 689. The van der Waals surface area contributed by atoms with Crippen LogP contribution in [0.2, 0.25) is 0 Å². The third-order valence-electron chi connectivity index (χ3n) is 5.43. The predicted octanol–water partition coefficient (Wildman–Crippen LogP) is 3.51. The zero-order valence-electron chi connectivity index (χ0n) is 14.9. The van der Waals surface area contributed by atoms with Gasteiger partial charge in [0.05, 0.1) is 7.11 Å². The second-order valence-electron chi connectivity index (χ2n) is 7.02. The van der Waals surface area contributed by atoms with Crippen molar-refractivity contribution in [3.05, 3.63) is 66.1 Å². The zero-order valence-corrected chi connectivity index (χ0v) is 14.9. The third kappa shape index (κ3) is 3.82. The summed E-state index contributed by atoms with van der Waals surface area (Å²) in [5.74, 6) is 1.49. The van der Waals surface area contributed by atoms with E-state index >= 15 is 0 Å². The highest BCUT2D eigenvalue weighted by Crippen LogP contribution is 2.28. The number of hydrogen-bond donors (Lipinski definition) is 0. The molecule has 0 saturated carbocycles. The van der Waals surface area contributed by atoms with E-state index in [4.69, 9.17) is 4.74 Å². The molecule has 0 N–H and O–H groups in total. The van der Waals surface area contributed by atoms with Gasteiger partial charge in [-0.05, 0) is 54.2 Å². The Balaban J connectivity index is 1.29. The van der Waals surface area contributed by atoms with Crippen molar-refractivity contribution in [2.75, 3.05) is 44.7 Å². The lowest BCUT2D eigenvalue weighted by atomic mass is 9.83. The van der Waals surface area contributed by atoms with Gasteiger partial charge in [-0.3, -0.25) is 4.90 Å². The molecule has 130 valence electrons. The summed E-state index contributed by atoms with van der Waals surface area (Å²) < 4.78 is 5.25. The number of methoxy groups -OCH3 is 1. The highest BCUT2D eigenvalue weighted by molar-refractivity contribution is 5.49. The highest BCUT2D eigenvalue weighted by Gasteiger charge is 2.24. The van der Waals surface area contributed by atoms with Crippen molar-refractivity contribution in [2.24, 2.45) is 5.92 Å². The third-order valence-corrected chi connectivity index (χ3v) is 5.43. The van der Waals surface area contributed by atoms with Gasteiger partial charge in [-0.15, -0.1) is 0 Å². The van der Waals surface area contributed by atoms with Gasteiger partial charge in [0.15, 0.2) is 0 Å². The van der Waals surface area contributed by atoms with Crippen LogP contribution in [0.1, 0.15) is 17.5 Å². The van der Waals surface area contributed by atoms with E-state index in [9.17, 15) is 0 Å². The first-order valence-corrected chi connectivity index (χ1v) is 9.27. The van der Waals surface area contributed by atoms with Crippen molar-refractivity contribution in [1.29, 1.82) is 0 Å². The topological polar surface area (TPSA) is 15.7 Å². The molecule has 1 unspecified atom stereocenters. The molecule has 3 nitrogen and oxygen atoms in total. The molecule has 1 atom stereocenters. The fourth-order valence-electron chi connectivity index (χ4n) is 3.93. The van der Waals surface area contributed by atoms with Crippen molar-refractivity contribution in [3.63, 3.8) is 0 Å². The number of piperazine rings is 1. The van der Waals surface area contributed by atoms with Crippen LogP contribution in [0.4, 0.5) is 5.69 Å². The highest BCUT2D eigenvalue weighted by atomic mass is 16.5. The molecular formula is C22H26N2O. The van der Waals surface area contributed by atoms with E-state index in [2.05, 4.69) is 52.6 Å². The minimum absolute atomic E-state index is 0.572. The van der Waals surface area contributed by atoms with Gasteiger partial charge in [0.25, 0.3) is 0 Å². The minimum Gasteiger partial charge on any atom is -0.497 e. The normalized spacial score (nSPS) is 21.0. The van der Waals surface area contributed by atoms with E-state index in [0.717, 1.165) is 38.5 Å². The average molecular weight is 334 g/mol. The molecule has 4 rings (SSSR count). The molecule has 1 saturated heterocycles. The maximum absolute atomic E-state index is 5.25. The SMILES string of the molecule is COc1ccc(N2CCN(CC3[C]c4ccccc4CC3)CC2)cc1. The number of rotatable bonds is 4. The summed E-state index contributed by atoms with van der Waals surface area (Å²) in [6.07, 6.45) is 6.16. The van der Waals surface area contributed by atoms with E-state index < -0.39 is 0 Å². The van der Waals surface area contributed by atoms with Gasteiger partial charge in [-0.1, -0.05) is 24.3 Å². The molecule has 1 heterocycles. The summed E-state index contributed by atoms with van der Waals surface area (Å²) in [6.45, 7) is 5.59.